The van der Waals surface area contributed by atoms with Crippen LogP contribution in [0.15, 0.2) is 59.6 Å². The molecule has 0 aliphatic heterocycles. The van der Waals surface area contributed by atoms with Crippen LogP contribution in [0.4, 0.5) is 0 Å². The van der Waals surface area contributed by atoms with Gasteiger partial charge in [0, 0.05) is 17.8 Å². The van der Waals surface area contributed by atoms with Gasteiger partial charge in [0.15, 0.2) is 0 Å². The fourth-order valence-electron chi connectivity index (χ4n) is 7.97. The van der Waals surface area contributed by atoms with Gasteiger partial charge in [0.2, 0.25) is 0 Å². The first-order chi connectivity index (χ1) is 14.0. The monoisotopic (exact) mass is 386 g/mol. The van der Waals surface area contributed by atoms with Gasteiger partial charge in [-0.05, 0) is 84.3 Å². The Labute approximate surface area is 173 Å². The largest absolute Gasteiger partial charge is 0.264 e. The summed E-state index contributed by atoms with van der Waals surface area (Å²) < 4.78 is 0. The van der Waals surface area contributed by atoms with Gasteiger partial charge in [0.1, 0.15) is 6.04 Å². The molecule has 1 unspecified atom stereocenters. The first kappa shape index (κ1) is 17.8. The van der Waals surface area contributed by atoms with E-state index in [0.29, 0.717) is 11.3 Å². The summed E-state index contributed by atoms with van der Waals surface area (Å²) in [6.07, 6.45) is 20.7. The molecule has 1 aromatic heterocycles. The van der Waals surface area contributed by atoms with Gasteiger partial charge >= 0.3 is 0 Å². The Morgan fingerprint density at radius 3 is 2.76 bits per heavy atom. The molecular weight excluding hydrogens is 356 g/mol. The molecule has 0 saturated heterocycles. The average molecular weight is 387 g/mol. The maximum absolute atomic E-state index is 11.3. The molecule has 3 saturated carbocycles. The Hall–Kier alpha value is -2.03. The van der Waals surface area contributed by atoms with Crippen LogP contribution in [-0.4, -0.2) is 11.0 Å². The number of hydrogen-bond acceptors (Lipinski definition) is 3. The molecule has 29 heavy (non-hydrogen) atoms. The van der Waals surface area contributed by atoms with Gasteiger partial charge in [0.05, 0.1) is 0 Å². The smallest absolute Gasteiger partial charge is 0.128 e. The minimum absolute atomic E-state index is 0.110. The molecule has 5 aliphatic carbocycles. The van der Waals surface area contributed by atoms with Crippen LogP contribution < -0.4 is 0 Å². The summed E-state index contributed by atoms with van der Waals surface area (Å²) in [6, 6.07) is 4.05. The normalized spacial score (nSPS) is 43.7. The van der Waals surface area contributed by atoms with Crippen molar-refractivity contribution in [2.45, 2.75) is 58.4 Å². The average Bonchev–Trinajstić information content (AvgIpc) is 3.41. The number of fused-ring (bicyclic) bond motifs is 6. The molecule has 3 heteroatoms. The third-order valence-corrected chi connectivity index (χ3v) is 9.49. The minimum atomic E-state index is -0.258. The molecule has 6 atom stereocenters. The van der Waals surface area contributed by atoms with E-state index in [1.807, 2.05) is 12.4 Å². The van der Waals surface area contributed by atoms with E-state index in [2.05, 4.69) is 60.4 Å². The van der Waals surface area contributed by atoms with E-state index in [9.17, 15) is 4.91 Å². The van der Waals surface area contributed by atoms with Gasteiger partial charge in [-0.3, -0.25) is 4.98 Å². The molecule has 1 spiro atoms. The van der Waals surface area contributed by atoms with Crippen LogP contribution in [0.1, 0.15) is 57.9 Å². The Morgan fingerprint density at radius 1 is 1.17 bits per heavy atom. The summed E-state index contributed by atoms with van der Waals surface area (Å²) in [5, 5.41) is 3.35. The molecule has 6 rings (SSSR count). The highest BCUT2D eigenvalue weighted by atomic mass is 16.3. The molecule has 0 aromatic carbocycles. The summed E-state index contributed by atoms with van der Waals surface area (Å²) in [5.41, 5.74) is 5.13. The molecule has 1 aromatic rings. The maximum Gasteiger partial charge on any atom is 0.128 e. The second kappa shape index (κ2) is 5.77. The van der Waals surface area contributed by atoms with Crippen molar-refractivity contribution in [3.8, 4) is 0 Å². The molecule has 3 nitrogen and oxygen atoms in total. The zero-order valence-electron chi connectivity index (χ0n) is 17.5. The Kier molecular flexibility index (Phi) is 3.54. The van der Waals surface area contributed by atoms with Crippen molar-refractivity contribution < 1.29 is 0 Å². The van der Waals surface area contributed by atoms with Crippen molar-refractivity contribution in [1.29, 1.82) is 0 Å². The van der Waals surface area contributed by atoms with Gasteiger partial charge in [-0.1, -0.05) is 55.0 Å². The molecule has 0 N–H and O–H groups in total. The molecular formula is C26H30N2O. The fraction of sp³-hybridized carbons (Fsp3) is 0.577. The maximum atomic E-state index is 11.3. The molecule has 150 valence electrons. The van der Waals surface area contributed by atoms with Crippen molar-refractivity contribution in [2.24, 2.45) is 39.2 Å². The van der Waals surface area contributed by atoms with E-state index in [-0.39, 0.29) is 16.9 Å². The molecule has 0 radical (unpaired) electrons. The molecule has 0 amide bonds. The lowest BCUT2D eigenvalue weighted by Crippen LogP contribution is -2.51. The zero-order chi connectivity index (χ0) is 19.9. The van der Waals surface area contributed by atoms with E-state index >= 15 is 0 Å². The predicted molar refractivity (Wildman–Crippen MR) is 116 cm³/mol. The number of pyridine rings is 1. The van der Waals surface area contributed by atoms with Crippen LogP contribution in [0, 0.1) is 38.9 Å². The topological polar surface area (TPSA) is 42.3 Å². The Balaban J connectivity index is 1.39. The summed E-state index contributed by atoms with van der Waals surface area (Å²) in [7, 11) is 0. The number of nitroso groups, excluding NO2 is 1. The zero-order valence-corrected chi connectivity index (χ0v) is 17.5. The van der Waals surface area contributed by atoms with E-state index < -0.39 is 0 Å². The summed E-state index contributed by atoms with van der Waals surface area (Å²) in [4.78, 5) is 15.7. The van der Waals surface area contributed by atoms with Crippen molar-refractivity contribution in [3.63, 3.8) is 0 Å². The lowest BCUT2D eigenvalue weighted by atomic mass is 9.45. The van der Waals surface area contributed by atoms with E-state index in [4.69, 9.17) is 0 Å². The Bertz CT molecular complexity index is 956. The number of rotatable bonds is 2. The second-order valence-electron chi connectivity index (χ2n) is 10.7. The highest BCUT2D eigenvalue weighted by molar-refractivity contribution is 5.72. The second-order valence-corrected chi connectivity index (χ2v) is 10.7. The highest BCUT2D eigenvalue weighted by Crippen LogP contribution is 2.74. The number of hydrogen-bond donors (Lipinski definition) is 0. The van der Waals surface area contributed by atoms with Crippen LogP contribution in [0.2, 0.25) is 0 Å². The minimum Gasteiger partial charge on any atom is -0.264 e. The van der Waals surface area contributed by atoms with Gasteiger partial charge in [0.25, 0.3) is 0 Å². The third-order valence-electron chi connectivity index (χ3n) is 9.49. The van der Waals surface area contributed by atoms with Gasteiger partial charge in [-0.25, -0.2) is 0 Å². The molecule has 1 heterocycles. The van der Waals surface area contributed by atoms with Crippen LogP contribution >= 0.6 is 0 Å². The van der Waals surface area contributed by atoms with Crippen LogP contribution in [0.5, 0.6) is 0 Å². The van der Waals surface area contributed by atoms with Gasteiger partial charge < -0.3 is 0 Å². The van der Waals surface area contributed by atoms with Gasteiger partial charge in [-0.15, -0.1) is 4.91 Å². The summed E-state index contributed by atoms with van der Waals surface area (Å²) >= 11 is 0. The highest BCUT2D eigenvalue weighted by Gasteiger charge is 2.64. The molecule has 5 aliphatic rings. The first-order valence-electron chi connectivity index (χ1n) is 11.4. The predicted octanol–water partition coefficient (Wildman–Crippen LogP) is 6.34. The van der Waals surface area contributed by atoms with E-state index in [0.717, 1.165) is 11.8 Å². The van der Waals surface area contributed by atoms with Crippen LogP contribution in [-0.2, 0) is 0 Å². The number of nitrogens with zero attached hydrogens (tertiary/aromatic N) is 2. The molecule has 0 bridgehead atoms. The van der Waals surface area contributed by atoms with E-state index in [1.165, 1.54) is 49.7 Å². The van der Waals surface area contributed by atoms with Crippen LogP contribution in [0.25, 0.3) is 5.57 Å². The summed E-state index contributed by atoms with van der Waals surface area (Å²) in [5.74, 6) is 2.17. The standard InChI is InChI=1S/C26H30N2O/c1-24-10-8-22-19(21(24)6-5-20(24)17-4-3-13-27-16-17)15-26(11-12-26)23-14-18(28-29)7-9-25(22,23)2/h3-5,7,9,13-14,16,18-19,21-22H,6,8,10-12,15H2,1-2H3/t18?,19-,21-,22-,24+,25+/m0/s1. The fourth-order valence-corrected chi connectivity index (χ4v) is 7.97. The Morgan fingerprint density at radius 2 is 2.03 bits per heavy atom. The quantitative estimate of drug-likeness (QED) is 0.440. The number of aromatic nitrogens is 1. The number of allylic oxidation sites excluding steroid dienone is 4. The lowest BCUT2D eigenvalue weighted by molar-refractivity contribution is -0.0184. The SMILES string of the molecule is C[C@]12C=CC(N=O)C=C1C1(CC1)C[C@@H]1[C@@H]2CC[C@]2(C)C(c3cccnc3)=CC[C@@H]12. The van der Waals surface area contributed by atoms with Crippen molar-refractivity contribution in [3.05, 3.63) is 64.9 Å². The molecule has 3 fully saturated rings. The first-order valence-corrected chi connectivity index (χ1v) is 11.4. The van der Waals surface area contributed by atoms with Gasteiger partial charge in [-0.2, -0.15) is 0 Å². The lowest BCUT2D eigenvalue weighted by Gasteiger charge is -2.59. The summed E-state index contributed by atoms with van der Waals surface area (Å²) in [6.45, 7) is 4.98. The van der Waals surface area contributed by atoms with Crippen LogP contribution in [0.3, 0.4) is 0 Å². The third kappa shape index (κ3) is 2.28. The van der Waals surface area contributed by atoms with E-state index in [1.54, 1.807) is 5.57 Å². The van der Waals surface area contributed by atoms with Crippen molar-refractivity contribution >= 4 is 5.57 Å². The van der Waals surface area contributed by atoms with Crippen molar-refractivity contribution in [1.82, 2.24) is 4.98 Å². The van der Waals surface area contributed by atoms with Crippen molar-refractivity contribution in [2.75, 3.05) is 0 Å².